The number of hydrogen-bond donors (Lipinski definition) is 1. The number of amides is 1. The van der Waals surface area contributed by atoms with Crippen LogP contribution in [0.1, 0.15) is 58.5 Å². The van der Waals surface area contributed by atoms with E-state index in [0.29, 0.717) is 28.7 Å². The van der Waals surface area contributed by atoms with Crippen LogP contribution in [-0.4, -0.2) is 40.6 Å². The monoisotopic (exact) mass is 442 g/mol. The SMILES string of the molecule is Cc1ccc(F)c(NC(=O)c2cc(C3CC3)nc3c2c(C)nn3[C@H]2CCS(=O)(=O)C2)c1. The quantitative estimate of drug-likeness (QED) is 0.665. The Morgan fingerprint density at radius 1 is 1.19 bits per heavy atom. The van der Waals surface area contributed by atoms with Crippen molar-refractivity contribution in [3.8, 4) is 0 Å². The number of nitrogens with one attached hydrogen (secondary N) is 1. The second-order valence-corrected chi connectivity index (χ2v) is 10.8. The largest absolute Gasteiger partial charge is 0.319 e. The summed E-state index contributed by atoms with van der Waals surface area (Å²) in [4.78, 5) is 18.0. The molecule has 1 atom stereocenters. The molecule has 1 saturated carbocycles. The maximum absolute atomic E-state index is 14.2. The van der Waals surface area contributed by atoms with Crippen LogP contribution in [0.2, 0.25) is 0 Å². The first-order chi connectivity index (χ1) is 14.7. The molecule has 0 radical (unpaired) electrons. The molecule has 1 aliphatic carbocycles. The Morgan fingerprint density at radius 2 is 1.97 bits per heavy atom. The molecule has 1 amide bonds. The first-order valence-corrected chi connectivity index (χ1v) is 12.2. The highest BCUT2D eigenvalue weighted by Gasteiger charge is 2.34. The van der Waals surface area contributed by atoms with E-state index in [4.69, 9.17) is 4.98 Å². The van der Waals surface area contributed by atoms with E-state index in [1.807, 2.05) is 6.92 Å². The van der Waals surface area contributed by atoms with Crippen molar-refractivity contribution in [2.45, 2.75) is 45.1 Å². The first-order valence-electron chi connectivity index (χ1n) is 10.4. The predicted molar refractivity (Wildman–Crippen MR) is 116 cm³/mol. The highest BCUT2D eigenvalue weighted by molar-refractivity contribution is 7.91. The van der Waals surface area contributed by atoms with Gasteiger partial charge in [0.15, 0.2) is 15.5 Å². The van der Waals surface area contributed by atoms with Gasteiger partial charge in [-0.15, -0.1) is 0 Å². The number of fused-ring (bicyclic) bond motifs is 1. The summed E-state index contributed by atoms with van der Waals surface area (Å²) in [5.74, 6) is -0.507. The molecule has 1 N–H and O–H groups in total. The Kier molecular flexibility index (Phi) is 4.62. The van der Waals surface area contributed by atoms with Crippen molar-refractivity contribution in [3.05, 3.63) is 52.6 Å². The first kappa shape index (κ1) is 20.1. The summed E-state index contributed by atoms with van der Waals surface area (Å²) >= 11 is 0. The Bertz CT molecular complexity index is 1330. The standard InChI is InChI=1S/C22H23FN4O3S/c1-12-3-6-17(23)19(9-12)25-22(28)16-10-18(14-4-5-14)24-21-20(16)13(2)26-27(21)15-7-8-31(29,30)11-15/h3,6,9-10,14-15H,4-5,7-8,11H2,1-2H3,(H,25,28)/t15-/m0/s1. The van der Waals surface area contributed by atoms with E-state index < -0.39 is 21.6 Å². The molecule has 3 heterocycles. The topological polar surface area (TPSA) is 93.9 Å². The van der Waals surface area contributed by atoms with Gasteiger partial charge in [0.2, 0.25) is 0 Å². The van der Waals surface area contributed by atoms with E-state index in [2.05, 4.69) is 10.4 Å². The van der Waals surface area contributed by atoms with Crippen LogP contribution in [-0.2, 0) is 9.84 Å². The normalized spacial score (nSPS) is 20.3. The number of carbonyl (C=O) groups excluding carboxylic acids is 1. The molecular weight excluding hydrogens is 419 g/mol. The van der Waals surface area contributed by atoms with Gasteiger partial charge < -0.3 is 5.32 Å². The highest BCUT2D eigenvalue weighted by atomic mass is 32.2. The maximum atomic E-state index is 14.2. The zero-order valence-electron chi connectivity index (χ0n) is 17.4. The van der Waals surface area contributed by atoms with Crippen LogP contribution in [0.25, 0.3) is 11.0 Å². The number of anilines is 1. The van der Waals surface area contributed by atoms with E-state index in [9.17, 15) is 17.6 Å². The van der Waals surface area contributed by atoms with Gasteiger partial charge in [-0.1, -0.05) is 6.07 Å². The minimum absolute atomic E-state index is 0.0224. The van der Waals surface area contributed by atoms with Crippen molar-refractivity contribution in [1.82, 2.24) is 14.8 Å². The lowest BCUT2D eigenvalue weighted by molar-refractivity contribution is 0.102. The summed E-state index contributed by atoms with van der Waals surface area (Å²) in [6.07, 6.45) is 2.47. The van der Waals surface area contributed by atoms with Crippen molar-refractivity contribution in [2.24, 2.45) is 0 Å². The van der Waals surface area contributed by atoms with Gasteiger partial charge in [0, 0.05) is 11.6 Å². The molecule has 0 bridgehead atoms. The third kappa shape index (κ3) is 3.71. The summed E-state index contributed by atoms with van der Waals surface area (Å²) in [7, 11) is -3.10. The molecule has 31 heavy (non-hydrogen) atoms. The lowest BCUT2D eigenvalue weighted by Gasteiger charge is -2.12. The van der Waals surface area contributed by atoms with Crippen LogP contribution in [0.5, 0.6) is 0 Å². The van der Waals surface area contributed by atoms with E-state index >= 15 is 0 Å². The Balaban J connectivity index is 1.62. The number of carbonyl (C=O) groups is 1. The van der Waals surface area contributed by atoms with Gasteiger partial charge in [-0.2, -0.15) is 5.10 Å². The van der Waals surface area contributed by atoms with Gasteiger partial charge >= 0.3 is 0 Å². The average molecular weight is 443 g/mol. The number of aryl methyl sites for hydroxylation is 2. The van der Waals surface area contributed by atoms with Gasteiger partial charge in [0.05, 0.1) is 39.9 Å². The number of nitrogens with zero attached hydrogens (tertiary/aromatic N) is 3. The molecule has 7 nitrogen and oxygen atoms in total. The zero-order valence-corrected chi connectivity index (χ0v) is 18.2. The number of aromatic nitrogens is 3. The van der Waals surface area contributed by atoms with Crippen molar-refractivity contribution in [2.75, 3.05) is 16.8 Å². The van der Waals surface area contributed by atoms with Crippen LogP contribution in [0.3, 0.4) is 0 Å². The van der Waals surface area contributed by atoms with E-state index in [1.165, 1.54) is 6.07 Å². The number of halogens is 1. The molecule has 162 valence electrons. The van der Waals surface area contributed by atoms with Crippen LogP contribution in [0.4, 0.5) is 10.1 Å². The molecule has 0 unspecified atom stereocenters. The lowest BCUT2D eigenvalue weighted by Crippen LogP contribution is -2.16. The van der Waals surface area contributed by atoms with Crippen LogP contribution in [0, 0.1) is 19.7 Å². The van der Waals surface area contributed by atoms with Gasteiger partial charge in [-0.25, -0.2) is 22.5 Å². The Hall–Kier alpha value is -2.81. The van der Waals surface area contributed by atoms with Gasteiger partial charge in [0.25, 0.3) is 5.91 Å². The third-order valence-electron chi connectivity index (χ3n) is 6.02. The smallest absolute Gasteiger partial charge is 0.256 e. The fourth-order valence-electron chi connectivity index (χ4n) is 4.25. The predicted octanol–water partition coefficient (Wildman–Crippen LogP) is 3.68. The molecule has 3 aromatic rings. The number of rotatable bonds is 4. The molecule has 0 spiro atoms. The minimum atomic E-state index is -3.10. The summed E-state index contributed by atoms with van der Waals surface area (Å²) < 4.78 is 39.9. The fourth-order valence-corrected chi connectivity index (χ4v) is 5.94. The second kappa shape index (κ2) is 7.12. The molecule has 2 aliphatic rings. The average Bonchev–Trinajstić information content (AvgIpc) is 3.43. The van der Waals surface area contributed by atoms with Gasteiger partial charge in [0.1, 0.15) is 5.82 Å². The third-order valence-corrected chi connectivity index (χ3v) is 7.77. The van der Waals surface area contributed by atoms with Crippen molar-refractivity contribution in [1.29, 1.82) is 0 Å². The lowest BCUT2D eigenvalue weighted by atomic mass is 10.1. The Labute approximate surface area is 179 Å². The number of pyridine rings is 1. The number of sulfone groups is 1. The van der Waals surface area contributed by atoms with Crippen molar-refractivity contribution < 1.29 is 17.6 Å². The molecule has 1 aromatic carbocycles. The second-order valence-electron chi connectivity index (χ2n) is 8.59. The van der Waals surface area contributed by atoms with Crippen molar-refractivity contribution >= 4 is 32.5 Å². The molecule has 5 rings (SSSR count). The number of hydrogen-bond acceptors (Lipinski definition) is 5. The Morgan fingerprint density at radius 3 is 2.65 bits per heavy atom. The zero-order chi connectivity index (χ0) is 21.9. The summed E-state index contributed by atoms with van der Waals surface area (Å²) in [6, 6.07) is 6.03. The van der Waals surface area contributed by atoms with Gasteiger partial charge in [-0.3, -0.25) is 4.79 Å². The molecule has 9 heteroatoms. The van der Waals surface area contributed by atoms with E-state index in [1.54, 1.807) is 29.8 Å². The van der Waals surface area contributed by atoms with E-state index in [0.717, 1.165) is 24.1 Å². The molecule has 2 aromatic heterocycles. The molecular formula is C22H23FN4O3S. The maximum Gasteiger partial charge on any atom is 0.256 e. The fraction of sp³-hybridized carbons (Fsp3) is 0.409. The molecule has 1 saturated heterocycles. The van der Waals surface area contributed by atoms with Gasteiger partial charge in [-0.05, 0) is 56.9 Å². The van der Waals surface area contributed by atoms with Crippen LogP contribution >= 0.6 is 0 Å². The highest BCUT2D eigenvalue weighted by Crippen LogP contribution is 2.41. The summed E-state index contributed by atoms with van der Waals surface area (Å²) in [5.41, 5.74) is 3.27. The van der Waals surface area contributed by atoms with E-state index in [-0.39, 0.29) is 29.2 Å². The summed E-state index contributed by atoms with van der Waals surface area (Å²) in [6.45, 7) is 3.61. The molecule has 2 fully saturated rings. The number of benzene rings is 1. The minimum Gasteiger partial charge on any atom is -0.319 e. The van der Waals surface area contributed by atoms with Crippen molar-refractivity contribution in [3.63, 3.8) is 0 Å². The van der Waals surface area contributed by atoms with Crippen LogP contribution < -0.4 is 5.32 Å². The summed E-state index contributed by atoms with van der Waals surface area (Å²) in [5, 5.41) is 7.85. The molecule has 1 aliphatic heterocycles. The van der Waals surface area contributed by atoms with Crippen LogP contribution in [0.15, 0.2) is 24.3 Å².